The molecule has 4 nitrogen and oxygen atoms in total. The highest BCUT2D eigenvalue weighted by molar-refractivity contribution is 5.96. The van der Waals surface area contributed by atoms with E-state index >= 15 is 0 Å². The van der Waals surface area contributed by atoms with Crippen molar-refractivity contribution in [1.29, 1.82) is 0 Å². The summed E-state index contributed by atoms with van der Waals surface area (Å²) in [6.07, 6.45) is 0. The van der Waals surface area contributed by atoms with Crippen LogP contribution >= 0.6 is 0 Å². The lowest BCUT2D eigenvalue weighted by Gasteiger charge is -2.06. The van der Waals surface area contributed by atoms with Gasteiger partial charge in [-0.15, -0.1) is 0 Å². The first-order valence-electron chi connectivity index (χ1n) is 4.08. The molecule has 0 aliphatic heterocycles. The molecule has 0 radical (unpaired) electrons. The SMILES string of the molecule is Cc1cc(C(N)=O)cc(C)c1C(=O)O. The first-order chi connectivity index (χ1) is 6.43. The summed E-state index contributed by atoms with van der Waals surface area (Å²) in [5, 5.41) is 8.86. The van der Waals surface area contributed by atoms with Gasteiger partial charge in [-0.1, -0.05) is 0 Å². The number of carboxylic acids is 1. The summed E-state index contributed by atoms with van der Waals surface area (Å²) in [5.74, 6) is -1.54. The predicted molar refractivity (Wildman–Crippen MR) is 51.4 cm³/mol. The molecule has 0 aliphatic carbocycles. The van der Waals surface area contributed by atoms with Crippen molar-refractivity contribution in [3.8, 4) is 0 Å². The van der Waals surface area contributed by atoms with Gasteiger partial charge >= 0.3 is 5.97 Å². The lowest BCUT2D eigenvalue weighted by molar-refractivity contribution is 0.0694. The van der Waals surface area contributed by atoms with Crippen LogP contribution in [0.5, 0.6) is 0 Å². The van der Waals surface area contributed by atoms with Gasteiger partial charge in [-0.05, 0) is 37.1 Å². The molecule has 0 aliphatic rings. The third-order valence-electron chi connectivity index (χ3n) is 2.03. The number of carbonyl (C=O) groups is 2. The Balaban J connectivity index is 3.39. The monoisotopic (exact) mass is 193 g/mol. The van der Waals surface area contributed by atoms with E-state index in [1.165, 1.54) is 12.1 Å². The maximum Gasteiger partial charge on any atom is 0.336 e. The molecule has 0 fully saturated rings. The molecule has 0 heterocycles. The Hall–Kier alpha value is -1.84. The molecule has 3 N–H and O–H groups in total. The van der Waals surface area contributed by atoms with Gasteiger partial charge in [-0.2, -0.15) is 0 Å². The van der Waals surface area contributed by atoms with E-state index in [4.69, 9.17) is 10.8 Å². The van der Waals surface area contributed by atoms with E-state index in [1.54, 1.807) is 13.8 Å². The van der Waals surface area contributed by atoms with Crippen molar-refractivity contribution >= 4 is 11.9 Å². The van der Waals surface area contributed by atoms with E-state index < -0.39 is 11.9 Å². The number of amides is 1. The van der Waals surface area contributed by atoms with Crippen molar-refractivity contribution in [2.24, 2.45) is 5.73 Å². The molecular weight excluding hydrogens is 182 g/mol. The zero-order chi connectivity index (χ0) is 10.9. The molecule has 0 saturated carbocycles. The number of benzene rings is 1. The molecule has 1 rings (SSSR count). The second-order valence-electron chi connectivity index (χ2n) is 3.15. The summed E-state index contributed by atoms with van der Waals surface area (Å²) in [4.78, 5) is 21.7. The van der Waals surface area contributed by atoms with Crippen molar-refractivity contribution in [2.45, 2.75) is 13.8 Å². The quantitative estimate of drug-likeness (QED) is 0.738. The highest BCUT2D eigenvalue weighted by Gasteiger charge is 2.13. The van der Waals surface area contributed by atoms with Gasteiger partial charge in [0, 0.05) is 5.56 Å². The molecule has 1 aromatic carbocycles. The Morgan fingerprint density at radius 3 is 1.93 bits per heavy atom. The fourth-order valence-electron chi connectivity index (χ4n) is 1.44. The topological polar surface area (TPSA) is 80.4 Å². The number of primary amides is 1. The van der Waals surface area contributed by atoms with Crippen molar-refractivity contribution < 1.29 is 14.7 Å². The first-order valence-corrected chi connectivity index (χ1v) is 4.08. The average Bonchev–Trinajstić information content (AvgIpc) is 2.01. The molecule has 14 heavy (non-hydrogen) atoms. The van der Waals surface area contributed by atoms with E-state index in [1.807, 2.05) is 0 Å². The van der Waals surface area contributed by atoms with Crippen LogP contribution in [-0.2, 0) is 0 Å². The highest BCUT2D eigenvalue weighted by atomic mass is 16.4. The van der Waals surface area contributed by atoms with E-state index in [0.29, 0.717) is 16.7 Å². The van der Waals surface area contributed by atoms with Gasteiger partial charge in [0.2, 0.25) is 5.91 Å². The number of hydrogen-bond acceptors (Lipinski definition) is 2. The third kappa shape index (κ3) is 1.74. The highest BCUT2D eigenvalue weighted by Crippen LogP contribution is 2.16. The van der Waals surface area contributed by atoms with Crippen LogP contribution in [-0.4, -0.2) is 17.0 Å². The number of hydrogen-bond donors (Lipinski definition) is 2. The van der Waals surface area contributed by atoms with Gasteiger partial charge in [0.1, 0.15) is 0 Å². The fourth-order valence-corrected chi connectivity index (χ4v) is 1.44. The van der Waals surface area contributed by atoms with Crippen LogP contribution in [0, 0.1) is 13.8 Å². The van der Waals surface area contributed by atoms with Crippen LogP contribution in [0.3, 0.4) is 0 Å². The minimum Gasteiger partial charge on any atom is -0.478 e. The van der Waals surface area contributed by atoms with Gasteiger partial charge in [-0.25, -0.2) is 4.79 Å². The van der Waals surface area contributed by atoms with Crippen molar-refractivity contribution in [2.75, 3.05) is 0 Å². The molecule has 0 aromatic heterocycles. The van der Waals surface area contributed by atoms with Gasteiger partial charge in [0.25, 0.3) is 0 Å². The second kappa shape index (κ2) is 3.49. The average molecular weight is 193 g/mol. The number of carbonyl (C=O) groups excluding carboxylic acids is 1. The summed E-state index contributed by atoms with van der Waals surface area (Å²) in [6, 6.07) is 2.97. The molecule has 1 amide bonds. The van der Waals surface area contributed by atoms with E-state index in [9.17, 15) is 9.59 Å². The number of rotatable bonds is 2. The summed E-state index contributed by atoms with van der Waals surface area (Å²) >= 11 is 0. The smallest absolute Gasteiger partial charge is 0.336 e. The van der Waals surface area contributed by atoms with Crippen LogP contribution in [0.25, 0.3) is 0 Å². The zero-order valence-electron chi connectivity index (χ0n) is 8.00. The largest absolute Gasteiger partial charge is 0.478 e. The molecule has 1 aromatic rings. The Morgan fingerprint density at radius 1 is 1.21 bits per heavy atom. The summed E-state index contributed by atoms with van der Waals surface area (Å²) < 4.78 is 0. The van der Waals surface area contributed by atoms with E-state index in [2.05, 4.69) is 0 Å². The lowest BCUT2D eigenvalue weighted by Crippen LogP contribution is -2.13. The standard InChI is InChI=1S/C10H11NO3/c1-5-3-7(9(11)12)4-6(2)8(5)10(13)14/h3-4H,1-2H3,(H2,11,12)(H,13,14). The fraction of sp³-hybridized carbons (Fsp3) is 0.200. The molecule has 74 valence electrons. The molecule has 0 bridgehead atoms. The van der Waals surface area contributed by atoms with Crippen LogP contribution in [0.15, 0.2) is 12.1 Å². The number of nitrogens with two attached hydrogens (primary N) is 1. The summed E-state index contributed by atoms with van der Waals surface area (Å²) in [5.41, 5.74) is 6.76. The number of carboxylic acid groups (broad SMARTS) is 1. The van der Waals surface area contributed by atoms with Crippen LogP contribution in [0.4, 0.5) is 0 Å². The second-order valence-corrected chi connectivity index (χ2v) is 3.15. The Kier molecular flexibility index (Phi) is 2.56. The Labute approximate surface area is 81.3 Å². The number of aromatic carboxylic acids is 1. The molecule has 0 spiro atoms. The maximum absolute atomic E-state index is 10.9. The van der Waals surface area contributed by atoms with E-state index in [0.717, 1.165) is 0 Å². The molecule has 0 unspecified atom stereocenters. The van der Waals surface area contributed by atoms with Gasteiger partial charge < -0.3 is 10.8 Å². The van der Waals surface area contributed by atoms with Crippen molar-refractivity contribution in [3.05, 3.63) is 34.4 Å². The van der Waals surface area contributed by atoms with Gasteiger partial charge in [-0.3, -0.25) is 4.79 Å². The van der Waals surface area contributed by atoms with Crippen LogP contribution in [0.2, 0.25) is 0 Å². The van der Waals surface area contributed by atoms with Crippen molar-refractivity contribution in [3.63, 3.8) is 0 Å². The summed E-state index contributed by atoms with van der Waals surface area (Å²) in [6.45, 7) is 3.28. The Morgan fingerprint density at radius 2 is 1.64 bits per heavy atom. The minimum absolute atomic E-state index is 0.231. The van der Waals surface area contributed by atoms with Gasteiger partial charge in [0.15, 0.2) is 0 Å². The lowest BCUT2D eigenvalue weighted by atomic mass is 9.99. The molecule has 0 saturated heterocycles. The first kappa shape index (κ1) is 10.2. The molecule has 4 heteroatoms. The van der Waals surface area contributed by atoms with E-state index in [-0.39, 0.29) is 5.56 Å². The minimum atomic E-state index is -0.990. The van der Waals surface area contributed by atoms with Crippen LogP contribution < -0.4 is 5.73 Å². The Bertz CT molecular complexity index is 387. The number of aryl methyl sites for hydroxylation is 2. The third-order valence-corrected chi connectivity index (χ3v) is 2.03. The zero-order valence-corrected chi connectivity index (χ0v) is 8.00. The van der Waals surface area contributed by atoms with Gasteiger partial charge in [0.05, 0.1) is 5.56 Å². The predicted octanol–water partition coefficient (Wildman–Crippen LogP) is 1.10. The summed E-state index contributed by atoms with van der Waals surface area (Å²) in [7, 11) is 0. The maximum atomic E-state index is 10.9. The normalized spacial score (nSPS) is 9.86. The van der Waals surface area contributed by atoms with Crippen molar-refractivity contribution in [1.82, 2.24) is 0 Å². The molecule has 0 atom stereocenters. The van der Waals surface area contributed by atoms with Crippen LogP contribution in [0.1, 0.15) is 31.8 Å². The molecular formula is C10H11NO3.